The Bertz CT molecular complexity index is 515. The zero-order valence-electron chi connectivity index (χ0n) is 13.8. The van der Waals surface area contributed by atoms with Crippen LogP contribution in [0, 0.1) is 6.92 Å². The Labute approximate surface area is 132 Å². The first-order chi connectivity index (χ1) is 10.6. The summed E-state index contributed by atoms with van der Waals surface area (Å²) in [5.41, 5.74) is 2.19. The number of amides is 1. The molecule has 22 heavy (non-hydrogen) atoms. The molecule has 0 radical (unpaired) electrons. The minimum atomic E-state index is -0.0341. The van der Waals surface area contributed by atoms with E-state index in [0.717, 1.165) is 29.4 Å². The lowest BCUT2D eigenvalue weighted by atomic mass is 10.1. The highest BCUT2D eigenvalue weighted by Crippen LogP contribution is 2.20. The maximum atomic E-state index is 10.8. The zero-order valence-corrected chi connectivity index (χ0v) is 13.8. The summed E-state index contributed by atoms with van der Waals surface area (Å²) in [7, 11) is 1.67. The summed E-state index contributed by atoms with van der Waals surface area (Å²) in [6, 6.07) is 6.07. The van der Waals surface area contributed by atoms with Crippen LogP contribution in [0.1, 0.15) is 25.0 Å². The van der Waals surface area contributed by atoms with Crippen molar-refractivity contribution in [3.63, 3.8) is 0 Å². The second-order valence-electron chi connectivity index (χ2n) is 4.92. The third-order valence-electron chi connectivity index (χ3n) is 2.99. The van der Waals surface area contributed by atoms with Crippen LogP contribution in [0.3, 0.4) is 0 Å². The van der Waals surface area contributed by atoms with E-state index < -0.39 is 0 Å². The van der Waals surface area contributed by atoms with Crippen molar-refractivity contribution in [1.82, 2.24) is 16.0 Å². The van der Waals surface area contributed by atoms with Gasteiger partial charge in [-0.05, 0) is 25.5 Å². The summed E-state index contributed by atoms with van der Waals surface area (Å²) < 4.78 is 5.39. The number of ether oxygens (including phenoxy) is 1. The highest BCUT2D eigenvalue weighted by molar-refractivity contribution is 5.80. The third-order valence-corrected chi connectivity index (χ3v) is 2.99. The average molecular weight is 306 g/mol. The molecule has 6 nitrogen and oxygen atoms in total. The van der Waals surface area contributed by atoms with Crippen LogP contribution in [0.2, 0.25) is 0 Å². The summed E-state index contributed by atoms with van der Waals surface area (Å²) in [4.78, 5) is 15.4. The van der Waals surface area contributed by atoms with E-state index in [1.54, 1.807) is 7.11 Å². The fourth-order valence-electron chi connectivity index (χ4n) is 1.91. The van der Waals surface area contributed by atoms with Gasteiger partial charge in [0.15, 0.2) is 5.96 Å². The van der Waals surface area contributed by atoms with Crippen LogP contribution in [0.25, 0.3) is 0 Å². The van der Waals surface area contributed by atoms with Gasteiger partial charge in [-0.3, -0.25) is 4.79 Å². The Hall–Kier alpha value is -2.24. The van der Waals surface area contributed by atoms with Crippen LogP contribution in [0.15, 0.2) is 23.2 Å². The van der Waals surface area contributed by atoms with Gasteiger partial charge in [0, 0.05) is 32.1 Å². The minimum absolute atomic E-state index is 0.0341. The van der Waals surface area contributed by atoms with E-state index in [1.807, 2.05) is 32.0 Å². The summed E-state index contributed by atoms with van der Waals surface area (Å²) in [5.74, 6) is 1.53. The van der Waals surface area contributed by atoms with Gasteiger partial charge < -0.3 is 20.7 Å². The van der Waals surface area contributed by atoms with Gasteiger partial charge in [0.25, 0.3) is 0 Å². The number of methoxy groups -OCH3 is 1. The lowest BCUT2D eigenvalue weighted by Crippen LogP contribution is -2.41. The Morgan fingerprint density at radius 2 is 1.95 bits per heavy atom. The predicted molar refractivity (Wildman–Crippen MR) is 89.2 cm³/mol. The molecule has 0 aliphatic heterocycles. The summed E-state index contributed by atoms with van der Waals surface area (Å²) in [5, 5.41) is 9.09. The number of hydrogen-bond acceptors (Lipinski definition) is 3. The van der Waals surface area contributed by atoms with Crippen molar-refractivity contribution < 1.29 is 9.53 Å². The number of carbonyl (C=O) groups is 1. The van der Waals surface area contributed by atoms with Gasteiger partial charge in [0.2, 0.25) is 5.91 Å². The lowest BCUT2D eigenvalue weighted by molar-refractivity contribution is -0.118. The zero-order chi connectivity index (χ0) is 16.4. The molecule has 0 bridgehead atoms. The van der Waals surface area contributed by atoms with Crippen LogP contribution < -0.4 is 20.7 Å². The minimum Gasteiger partial charge on any atom is -0.496 e. The summed E-state index contributed by atoms with van der Waals surface area (Å²) >= 11 is 0. The Morgan fingerprint density at radius 3 is 2.59 bits per heavy atom. The number of aliphatic imine (C=N–C) groups is 1. The first-order valence-electron chi connectivity index (χ1n) is 7.47. The fraction of sp³-hybridized carbons (Fsp3) is 0.500. The maximum Gasteiger partial charge on any atom is 0.216 e. The van der Waals surface area contributed by atoms with Crippen molar-refractivity contribution in [3.05, 3.63) is 29.3 Å². The number of nitrogens with one attached hydrogen (secondary N) is 3. The Balaban J connectivity index is 2.63. The van der Waals surface area contributed by atoms with E-state index in [-0.39, 0.29) is 5.91 Å². The molecule has 0 aromatic heterocycles. The number of nitrogens with zero attached hydrogens (tertiary/aromatic N) is 1. The van der Waals surface area contributed by atoms with Crippen LogP contribution in [-0.4, -0.2) is 38.6 Å². The number of aryl methyl sites for hydroxylation is 1. The van der Waals surface area contributed by atoms with E-state index in [1.165, 1.54) is 6.92 Å². The molecule has 0 saturated heterocycles. The SMILES string of the molecule is CCNC(=NCc1ccc(C)cc1OC)NCCNC(C)=O. The number of hydrogen-bond donors (Lipinski definition) is 3. The van der Waals surface area contributed by atoms with E-state index in [2.05, 4.69) is 20.9 Å². The third kappa shape index (κ3) is 6.47. The van der Waals surface area contributed by atoms with Crippen molar-refractivity contribution in [2.75, 3.05) is 26.7 Å². The second-order valence-corrected chi connectivity index (χ2v) is 4.92. The van der Waals surface area contributed by atoms with Gasteiger partial charge in [-0.1, -0.05) is 12.1 Å². The van der Waals surface area contributed by atoms with Gasteiger partial charge in [0.1, 0.15) is 5.75 Å². The molecule has 0 spiro atoms. The molecule has 0 atom stereocenters. The molecule has 1 amide bonds. The normalized spacial score (nSPS) is 11.0. The molecule has 1 aromatic rings. The number of rotatable bonds is 7. The van der Waals surface area contributed by atoms with E-state index >= 15 is 0 Å². The topological polar surface area (TPSA) is 74.8 Å². The summed E-state index contributed by atoms with van der Waals surface area (Å²) in [6.45, 7) is 8.03. The highest BCUT2D eigenvalue weighted by Gasteiger charge is 2.03. The molecule has 1 rings (SSSR count). The van der Waals surface area contributed by atoms with Crippen molar-refractivity contribution in [2.24, 2.45) is 4.99 Å². The largest absolute Gasteiger partial charge is 0.496 e. The standard InChI is InChI=1S/C16H26N4O2/c1-5-17-16(19-9-8-18-13(3)21)20-11-14-7-6-12(2)10-15(14)22-4/h6-7,10H,5,8-9,11H2,1-4H3,(H,18,21)(H2,17,19,20). The Kier molecular flexibility index (Phi) is 7.81. The van der Waals surface area contributed by atoms with Gasteiger partial charge in [0.05, 0.1) is 13.7 Å². The molecule has 122 valence electrons. The maximum absolute atomic E-state index is 10.8. The van der Waals surface area contributed by atoms with Crippen molar-refractivity contribution >= 4 is 11.9 Å². The van der Waals surface area contributed by atoms with Crippen LogP contribution in [-0.2, 0) is 11.3 Å². The van der Waals surface area contributed by atoms with Gasteiger partial charge in [-0.15, -0.1) is 0 Å². The van der Waals surface area contributed by atoms with Crippen LogP contribution >= 0.6 is 0 Å². The van der Waals surface area contributed by atoms with E-state index in [9.17, 15) is 4.79 Å². The van der Waals surface area contributed by atoms with Gasteiger partial charge in [-0.2, -0.15) is 0 Å². The quantitative estimate of drug-likeness (QED) is 0.402. The van der Waals surface area contributed by atoms with Crippen LogP contribution in [0.5, 0.6) is 5.75 Å². The molecular weight excluding hydrogens is 280 g/mol. The van der Waals surface area contributed by atoms with Crippen molar-refractivity contribution in [1.29, 1.82) is 0 Å². The van der Waals surface area contributed by atoms with Gasteiger partial charge in [-0.25, -0.2) is 4.99 Å². The molecule has 3 N–H and O–H groups in total. The molecule has 0 heterocycles. The molecule has 0 saturated carbocycles. The van der Waals surface area contributed by atoms with Crippen LogP contribution in [0.4, 0.5) is 0 Å². The first kappa shape index (κ1) is 17.8. The number of benzene rings is 1. The number of guanidine groups is 1. The highest BCUT2D eigenvalue weighted by atomic mass is 16.5. The smallest absolute Gasteiger partial charge is 0.216 e. The molecule has 1 aromatic carbocycles. The van der Waals surface area contributed by atoms with Crippen molar-refractivity contribution in [3.8, 4) is 5.75 Å². The number of carbonyl (C=O) groups excluding carboxylic acids is 1. The van der Waals surface area contributed by atoms with E-state index in [4.69, 9.17) is 4.74 Å². The molecule has 0 fully saturated rings. The predicted octanol–water partition coefficient (Wildman–Crippen LogP) is 1.19. The average Bonchev–Trinajstić information content (AvgIpc) is 2.49. The second kappa shape index (κ2) is 9.65. The first-order valence-corrected chi connectivity index (χ1v) is 7.47. The molecule has 0 unspecified atom stereocenters. The summed E-state index contributed by atoms with van der Waals surface area (Å²) in [6.07, 6.45) is 0. The Morgan fingerprint density at radius 1 is 1.23 bits per heavy atom. The molecule has 0 aliphatic rings. The van der Waals surface area contributed by atoms with Gasteiger partial charge >= 0.3 is 0 Å². The molecule has 6 heteroatoms. The van der Waals surface area contributed by atoms with E-state index in [0.29, 0.717) is 19.6 Å². The lowest BCUT2D eigenvalue weighted by Gasteiger charge is -2.12. The molecular formula is C16H26N4O2. The fourth-order valence-corrected chi connectivity index (χ4v) is 1.91. The molecule has 0 aliphatic carbocycles. The van der Waals surface area contributed by atoms with Crippen molar-refractivity contribution in [2.45, 2.75) is 27.3 Å². The monoisotopic (exact) mass is 306 g/mol.